The number of aromatic nitrogens is 3. The third kappa shape index (κ3) is 4.05. The van der Waals surface area contributed by atoms with Crippen molar-refractivity contribution in [1.29, 1.82) is 0 Å². The third-order valence-electron chi connectivity index (χ3n) is 6.34. The van der Waals surface area contributed by atoms with E-state index in [1.54, 1.807) is 29.3 Å². The van der Waals surface area contributed by atoms with Crippen LogP contribution in [0.1, 0.15) is 21.8 Å². The number of hydrogen-bond donors (Lipinski definition) is 2. The molecule has 2 amide bonds. The molecule has 5 rings (SSSR count). The Morgan fingerprint density at radius 1 is 1.06 bits per heavy atom. The van der Waals surface area contributed by atoms with Gasteiger partial charge in [0.25, 0.3) is 11.8 Å². The van der Waals surface area contributed by atoms with Crippen LogP contribution in [0.5, 0.6) is 5.75 Å². The van der Waals surface area contributed by atoms with Crippen molar-refractivity contribution in [1.82, 2.24) is 24.6 Å². The van der Waals surface area contributed by atoms with Crippen LogP contribution in [0.2, 0.25) is 0 Å². The number of Topliss-reactive ketones (excluding diaryl/α,β-unsaturated/α-hetero) is 1. The number of pyridine rings is 1. The van der Waals surface area contributed by atoms with Gasteiger partial charge in [-0.1, -0.05) is 18.2 Å². The summed E-state index contributed by atoms with van der Waals surface area (Å²) in [5.41, 5.74) is 7.50. The van der Waals surface area contributed by atoms with Gasteiger partial charge in [0, 0.05) is 56.1 Å². The van der Waals surface area contributed by atoms with Gasteiger partial charge in [-0.2, -0.15) is 0 Å². The second-order valence-electron chi connectivity index (χ2n) is 8.37. The number of rotatable bonds is 5. The number of ketones is 1. The van der Waals surface area contributed by atoms with Gasteiger partial charge in [-0.15, -0.1) is 5.10 Å². The summed E-state index contributed by atoms with van der Waals surface area (Å²) in [5, 5.41) is 7.39. The van der Waals surface area contributed by atoms with Crippen LogP contribution in [-0.4, -0.2) is 82.0 Å². The van der Waals surface area contributed by atoms with Crippen molar-refractivity contribution in [3.8, 4) is 11.6 Å². The van der Waals surface area contributed by atoms with Crippen LogP contribution >= 0.6 is 0 Å². The first-order valence-electron chi connectivity index (χ1n) is 11.3. The number of benzene rings is 1. The van der Waals surface area contributed by atoms with E-state index in [0.29, 0.717) is 60.4 Å². The fraction of sp³-hybridized carbons (Fsp3) is 0.292. The van der Waals surface area contributed by atoms with Gasteiger partial charge in [-0.05, 0) is 12.1 Å². The quantitative estimate of drug-likeness (QED) is 0.520. The third-order valence-corrected chi connectivity index (χ3v) is 6.34. The number of amides is 2. The standard InChI is InChI=1S/C24H25N7O4/c1-35-17-14-27-22(31-8-7-18(25)28-31)20-19(17)16(13-26-20)21(32)24(34)30-11-9-29(10-12-30)23(33)15-5-3-2-4-6-15/h2-8,14,16,26H,9-13H2,1H3,(H2,25,28). The number of ether oxygens (including phenoxy) is 1. The lowest BCUT2D eigenvalue weighted by Gasteiger charge is -2.34. The molecule has 2 aromatic heterocycles. The fourth-order valence-electron chi connectivity index (χ4n) is 4.52. The van der Waals surface area contributed by atoms with E-state index < -0.39 is 17.6 Å². The molecule has 35 heavy (non-hydrogen) atoms. The van der Waals surface area contributed by atoms with Crippen LogP contribution in [0.15, 0.2) is 48.8 Å². The van der Waals surface area contributed by atoms with Crippen molar-refractivity contribution in [2.24, 2.45) is 0 Å². The van der Waals surface area contributed by atoms with Gasteiger partial charge < -0.3 is 25.6 Å². The number of anilines is 2. The average molecular weight is 476 g/mol. The number of fused-ring (bicyclic) bond motifs is 1. The van der Waals surface area contributed by atoms with Crippen molar-refractivity contribution in [3.63, 3.8) is 0 Å². The Kier molecular flexibility index (Phi) is 5.81. The summed E-state index contributed by atoms with van der Waals surface area (Å²) in [6.45, 7) is 1.55. The average Bonchev–Trinajstić information content (AvgIpc) is 3.54. The molecule has 1 atom stereocenters. The molecule has 3 aromatic rings. The van der Waals surface area contributed by atoms with Crippen LogP contribution in [0.25, 0.3) is 5.82 Å². The molecule has 11 nitrogen and oxygen atoms in total. The predicted octanol–water partition coefficient (Wildman–Crippen LogP) is 0.921. The molecular formula is C24H25N7O4. The molecule has 11 heteroatoms. The molecule has 0 bridgehead atoms. The number of hydrogen-bond acceptors (Lipinski definition) is 8. The second kappa shape index (κ2) is 9.09. The summed E-state index contributed by atoms with van der Waals surface area (Å²) >= 11 is 0. The molecule has 0 radical (unpaired) electrons. The largest absolute Gasteiger partial charge is 0.495 e. The lowest BCUT2D eigenvalue weighted by atomic mass is 9.95. The van der Waals surface area contributed by atoms with Crippen LogP contribution in [-0.2, 0) is 9.59 Å². The highest BCUT2D eigenvalue weighted by atomic mass is 16.5. The smallest absolute Gasteiger partial charge is 0.290 e. The van der Waals surface area contributed by atoms with Gasteiger partial charge in [0.1, 0.15) is 11.6 Å². The molecule has 1 unspecified atom stereocenters. The molecule has 0 spiro atoms. The number of nitrogens with two attached hydrogens (primary N) is 1. The molecular weight excluding hydrogens is 450 g/mol. The maximum atomic E-state index is 13.3. The normalized spacial score (nSPS) is 17.0. The topological polar surface area (TPSA) is 136 Å². The van der Waals surface area contributed by atoms with Crippen LogP contribution < -0.4 is 15.8 Å². The first kappa shape index (κ1) is 22.4. The molecule has 2 aliphatic rings. The maximum absolute atomic E-state index is 13.3. The minimum absolute atomic E-state index is 0.0815. The van der Waals surface area contributed by atoms with Crippen molar-refractivity contribution < 1.29 is 19.1 Å². The zero-order valence-corrected chi connectivity index (χ0v) is 19.2. The Hall–Kier alpha value is -4.41. The summed E-state index contributed by atoms with van der Waals surface area (Å²) < 4.78 is 6.98. The minimum atomic E-state index is -0.730. The SMILES string of the molecule is COc1cnc(-n2ccc(N)n2)c2c1C(C(=O)C(=O)N1CCN(C(=O)c3ccccc3)CC1)CN2. The molecule has 1 saturated heterocycles. The number of nitrogens with zero attached hydrogens (tertiary/aromatic N) is 5. The van der Waals surface area contributed by atoms with Crippen LogP contribution in [0.4, 0.5) is 11.5 Å². The summed E-state index contributed by atoms with van der Waals surface area (Å²) in [6.07, 6.45) is 3.18. The van der Waals surface area contributed by atoms with Crippen LogP contribution in [0, 0.1) is 0 Å². The zero-order chi connectivity index (χ0) is 24.5. The fourth-order valence-corrected chi connectivity index (χ4v) is 4.52. The van der Waals surface area contributed by atoms with E-state index in [9.17, 15) is 14.4 Å². The molecule has 1 fully saturated rings. The van der Waals surface area contributed by atoms with Gasteiger partial charge in [0.2, 0.25) is 5.78 Å². The van der Waals surface area contributed by atoms with Crippen molar-refractivity contribution in [3.05, 3.63) is 59.9 Å². The monoisotopic (exact) mass is 475 g/mol. The molecule has 4 heterocycles. The summed E-state index contributed by atoms with van der Waals surface area (Å²) in [7, 11) is 1.49. The Morgan fingerprint density at radius 3 is 2.43 bits per heavy atom. The van der Waals surface area contributed by atoms with E-state index in [2.05, 4.69) is 15.4 Å². The molecule has 180 valence electrons. The lowest BCUT2D eigenvalue weighted by Crippen LogP contribution is -2.52. The van der Waals surface area contributed by atoms with Gasteiger partial charge in [-0.3, -0.25) is 14.4 Å². The highest BCUT2D eigenvalue weighted by Crippen LogP contribution is 2.41. The van der Waals surface area contributed by atoms with E-state index in [-0.39, 0.29) is 12.5 Å². The number of carbonyl (C=O) groups excluding carboxylic acids is 3. The number of nitrogen functional groups attached to an aromatic ring is 1. The van der Waals surface area contributed by atoms with Gasteiger partial charge in [0.15, 0.2) is 5.82 Å². The van der Waals surface area contributed by atoms with E-state index in [4.69, 9.17) is 10.5 Å². The van der Waals surface area contributed by atoms with Gasteiger partial charge in [0.05, 0.1) is 24.9 Å². The van der Waals surface area contributed by atoms with Gasteiger partial charge >= 0.3 is 0 Å². The van der Waals surface area contributed by atoms with E-state index >= 15 is 0 Å². The van der Waals surface area contributed by atoms with Crippen molar-refractivity contribution >= 4 is 29.1 Å². The maximum Gasteiger partial charge on any atom is 0.290 e. The summed E-state index contributed by atoms with van der Waals surface area (Å²) in [5.74, 6) is -0.698. The number of methoxy groups -OCH3 is 1. The number of carbonyl (C=O) groups is 3. The molecule has 0 saturated carbocycles. The summed E-state index contributed by atoms with van der Waals surface area (Å²) in [4.78, 5) is 46.8. The first-order chi connectivity index (χ1) is 17.0. The molecule has 2 aliphatic heterocycles. The van der Waals surface area contributed by atoms with E-state index in [0.717, 1.165) is 0 Å². The minimum Gasteiger partial charge on any atom is -0.495 e. The summed E-state index contributed by atoms with van der Waals surface area (Å²) in [6, 6.07) is 10.7. The lowest BCUT2D eigenvalue weighted by molar-refractivity contribution is -0.146. The molecule has 3 N–H and O–H groups in total. The van der Waals surface area contributed by atoms with Crippen LogP contribution in [0.3, 0.4) is 0 Å². The second-order valence-corrected chi connectivity index (χ2v) is 8.37. The van der Waals surface area contributed by atoms with Crippen molar-refractivity contribution in [2.75, 3.05) is 50.9 Å². The number of piperazine rings is 1. The van der Waals surface area contributed by atoms with Gasteiger partial charge in [-0.25, -0.2) is 9.67 Å². The zero-order valence-electron chi connectivity index (χ0n) is 19.2. The van der Waals surface area contributed by atoms with E-state index in [1.165, 1.54) is 22.9 Å². The predicted molar refractivity (Wildman–Crippen MR) is 127 cm³/mol. The number of nitrogens with one attached hydrogen (secondary N) is 1. The highest BCUT2D eigenvalue weighted by molar-refractivity contribution is 6.38. The van der Waals surface area contributed by atoms with E-state index in [1.807, 2.05) is 18.2 Å². The first-order valence-corrected chi connectivity index (χ1v) is 11.3. The Bertz CT molecular complexity index is 1280. The molecule has 0 aliphatic carbocycles. The molecule has 1 aromatic carbocycles. The Balaban J connectivity index is 1.32. The highest BCUT2D eigenvalue weighted by Gasteiger charge is 2.40. The van der Waals surface area contributed by atoms with Crippen molar-refractivity contribution in [2.45, 2.75) is 5.92 Å². The Morgan fingerprint density at radius 2 is 1.77 bits per heavy atom. The Labute approximate surface area is 201 Å².